The molecule has 0 spiro atoms. The average Bonchev–Trinajstić information content (AvgIpc) is 3.23. The predicted molar refractivity (Wildman–Crippen MR) is 122 cm³/mol. The van der Waals surface area contributed by atoms with Crippen molar-refractivity contribution in [2.45, 2.75) is 50.7 Å². The molecule has 0 saturated carbocycles. The summed E-state index contributed by atoms with van der Waals surface area (Å²) in [5.74, 6) is -0.874. The van der Waals surface area contributed by atoms with E-state index in [1.54, 1.807) is 12.1 Å². The van der Waals surface area contributed by atoms with Crippen molar-refractivity contribution in [1.82, 2.24) is 9.88 Å². The molecule has 3 heterocycles. The molecule has 1 unspecified atom stereocenters. The normalized spacial score (nSPS) is 19.6. The fourth-order valence-electron chi connectivity index (χ4n) is 4.48. The lowest BCUT2D eigenvalue weighted by Crippen LogP contribution is -2.33. The molecule has 1 fully saturated rings. The van der Waals surface area contributed by atoms with Gasteiger partial charge in [0.05, 0.1) is 17.5 Å². The van der Waals surface area contributed by atoms with Gasteiger partial charge in [0, 0.05) is 37.0 Å². The van der Waals surface area contributed by atoms with Gasteiger partial charge in [0.2, 0.25) is 0 Å². The van der Waals surface area contributed by atoms with E-state index < -0.39 is 12.0 Å². The number of likely N-dealkylation sites (tertiary alicyclic amines) is 1. The van der Waals surface area contributed by atoms with Crippen LogP contribution >= 0.6 is 11.6 Å². The van der Waals surface area contributed by atoms with Crippen molar-refractivity contribution >= 4 is 23.3 Å². The zero-order valence-electron chi connectivity index (χ0n) is 17.7. The van der Waals surface area contributed by atoms with Gasteiger partial charge in [0.1, 0.15) is 6.04 Å². The second kappa shape index (κ2) is 10.4. The van der Waals surface area contributed by atoms with E-state index >= 15 is 0 Å². The first-order valence-electron chi connectivity index (χ1n) is 11.2. The number of carbonyl (C=O) groups is 1. The van der Waals surface area contributed by atoms with Crippen LogP contribution in [0.1, 0.15) is 48.7 Å². The van der Waals surface area contributed by atoms with Crippen molar-refractivity contribution in [2.24, 2.45) is 0 Å². The Balaban J connectivity index is 1.21. The van der Waals surface area contributed by atoms with E-state index in [-0.39, 0.29) is 6.10 Å². The van der Waals surface area contributed by atoms with Crippen LogP contribution in [0.5, 0.6) is 0 Å². The molecular weight excluding hydrogens is 414 g/mol. The van der Waals surface area contributed by atoms with Crippen LogP contribution in [0.15, 0.2) is 36.4 Å². The minimum Gasteiger partial charge on any atom is -0.480 e. The standard InChI is InChI=1S/C24H30ClN3O3/c25-20-8-2-1-7-19(20)23(24(29)30)28-14-12-18(16-28)31-15-4-3-6-17-10-11-21-22(27-17)9-5-13-26-21/h1-2,7-8,10-11,18,23,26H,3-6,9,12-16H2,(H,29,30)/t18-,23?/m1/s1. The fourth-order valence-corrected chi connectivity index (χ4v) is 4.72. The Labute approximate surface area is 188 Å². The minimum absolute atomic E-state index is 0.0669. The number of unbranched alkanes of at least 4 members (excludes halogenated alkanes) is 1. The molecule has 2 aliphatic heterocycles. The van der Waals surface area contributed by atoms with Crippen LogP contribution in [0.4, 0.5) is 5.69 Å². The third kappa shape index (κ3) is 5.56. The maximum Gasteiger partial charge on any atom is 0.325 e. The molecule has 6 nitrogen and oxygen atoms in total. The summed E-state index contributed by atoms with van der Waals surface area (Å²) in [6.45, 7) is 3.03. The van der Waals surface area contributed by atoms with Gasteiger partial charge in [-0.1, -0.05) is 29.8 Å². The van der Waals surface area contributed by atoms with E-state index in [0.29, 0.717) is 30.3 Å². The molecule has 0 bridgehead atoms. The van der Waals surface area contributed by atoms with Gasteiger partial charge in [-0.25, -0.2) is 0 Å². The molecule has 2 aliphatic rings. The second-order valence-corrected chi connectivity index (χ2v) is 8.73. The van der Waals surface area contributed by atoms with Crippen molar-refractivity contribution in [3.8, 4) is 0 Å². The third-order valence-electron chi connectivity index (χ3n) is 6.09. The summed E-state index contributed by atoms with van der Waals surface area (Å²) in [7, 11) is 0. The van der Waals surface area contributed by atoms with Crippen molar-refractivity contribution in [3.05, 3.63) is 58.4 Å². The molecule has 0 aliphatic carbocycles. The van der Waals surface area contributed by atoms with Crippen LogP contribution in [-0.4, -0.2) is 53.3 Å². The number of hydrogen-bond acceptors (Lipinski definition) is 5. The number of aliphatic carboxylic acids is 1. The SMILES string of the molecule is O=C(O)C(c1ccccc1Cl)N1CC[C@@H](OCCCCc2ccc3c(n2)CCCN3)C1. The lowest BCUT2D eigenvalue weighted by Gasteiger charge is -2.25. The number of hydrogen-bond donors (Lipinski definition) is 2. The first-order valence-corrected chi connectivity index (χ1v) is 11.5. The van der Waals surface area contributed by atoms with E-state index in [0.717, 1.165) is 50.8 Å². The lowest BCUT2D eigenvalue weighted by atomic mass is 10.1. The number of ether oxygens (including phenoxy) is 1. The van der Waals surface area contributed by atoms with Gasteiger partial charge in [-0.3, -0.25) is 14.7 Å². The van der Waals surface area contributed by atoms with E-state index in [1.165, 1.54) is 11.4 Å². The smallest absolute Gasteiger partial charge is 0.325 e. The Morgan fingerprint density at radius 3 is 3.00 bits per heavy atom. The second-order valence-electron chi connectivity index (χ2n) is 8.32. The third-order valence-corrected chi connectivity index (χ3v) is 6.44. The van der Waals surface area contributed by atoms with Gasteiger partial charge in [0.15, 0.2) is 0 Å². The lowest BCUT2D eigenvalue weighted by molar-refractivity contribution is -0.143. The molecular formula is C24H30ClN3O3. The summed E-state index contributed by atoms with van der Waals surface area (Å²) >= 11 is 6.26. The van der Waals surface area contributed by atoms with E-state index in [2.05, 4.69) is 17.4 Å². The number of nitrogens with zero attached hydrogens (tertiary/aromatic N) is 2. The fraction of sp³-hybridized carbons (Fsp3) is 0.500. The van der Waals surface area contributed by atoms with Gasteiger partial charge in [-0.15, -0.1) is 0 Å². The Hall–Kier alpha value is -2.15. The maximum absolute atomic E-state index is 11.9. The minimum atomic E-state index is -0.874. The van der Waals surface area contributed by atoms with Gasteiger partial charge in [-0.05, 0) is 62.3 Å². The zero-order chi connectivity index (χ0) is 21.6. The molecule has 31 heavy (non-hydrogen) atoms. The highest BCUT2D eigenvalue weighted by atomic mass is 35.5. The van der Waals surface area contributed by atoms with Crippen LogP contribution in [0.3, 0.4) is 0 Å². The highest BCUT2D eigenvalue weighted by Gasteiger charge is 2.34. The number of nitrogens with one attached hydrogen (secondary N) is 1. The first kappa shape index (κ1) is 22.1. The Bertz CT molecular complexity index is 907. The average molecular weight is 444 g/mol. The Morgan fingerprint density at radius 2 is 2.16 bits per heavy atom. The molecule has 2 N–H and O–H groups in total. The number of halogens is 1. The summed E-state index contributed by atoms with van der Waals surface area (Å²) in [6.07, 6.45) is 6.08. The summed E-state index contributed by atoms with van der Waals surface area (Å²) < 4.78 is 6.06. The highest BCUT2D eigenvalue weighted by molar-refractivity contribution is 6.31. The van der Waals surface area contributed by atoms with E-state index in [9.17, 15) is 9.90 Å². The Kier molecular flexibility index (Phi) is 7.43. The van der Waals surface area contributed by atoms with Crippen molar-refractivity contribution < 1.29 is 14.6 Å². The monoisotopic (exact) mass is 443 g/mol. The molecule has 0 radical (unpaired) electrons. The summed E-state index contributed by atoms with van der Waals surface area (Å²) in [5, 5.41) is 13.7. The van der Waals surface area contributed by atoms with Gasteiger partial charge in [0.25, 0.3) is 0 Å². The van der Waals surface area contributed by atoms with Crippen LogP contribution in [-0.2, 0) is 22.4 Å². The van der Waals surface area contributed by atoms with Crippen LogP contribution in [0.25, 0.3) is 0 Å². The molecule has 1 aromatic heterocycles. The largest absolute Gasteiger partial charge is 0.480 e. The van der Waals surface area contributed by atoms with Crippen LogP contribution in [0.2, 0.25) is 5.02 Å². The number of aromatic nitrogens is 1. The molecule has 4 rings (SSSR count). The van der Waals surface area contributed by atoms with Crippen molar-refractivity contribution in [2.75, 3.05) is 31.6 Å². The predicted octanol–water partition coefficient (Wildman–Crippen LogP) is 4.33. The molecule has 1 aromatic carbocycles. The highest BCUT2D eigenvalue weighted by Crippen LogP contribution is 2.31. The van der Waals surface area contributed by atoms with Crippen LogP contribution < -0.4 is 5.32 Å². The molecule has 1 saturated heterocycles. The topological polar surface area (TPSA) is 74.7 Å². The molecule has 7 heteroatoms. The molecule has 0 amide bonds. The zero-order valence-corrected chi connectivity index (χ0v) is 18.5. The summed E-state index contributed by atoms with van der Waals surface area (Å²) in [5.41, 5.74) is 4.17. The van der Waals surface area contributed by atoms with Gasteiger partial charge >= 0.3 is 5.97 Å². The summed E-state index contributed by atoms with van der Waals surface area (Å²) in [4.78, 5) is 18.7. The molecule has 166 valence electrons. The van der Waals surface area contributed by atoms with Gasteiger partial charge in [-0.2, -0.15) is 0 Å². The number of pyridine rings is 1. The molecule has 2 aromatic rings. The number of rotatable bonds is 9. The van der Waals surface area contributed by atoms with E-state index in [1.807, 2.05) is 17.0 Å². The summed E-state index contributed by atoms with van der Waals surface area (Å²) in [6, 6.07) is 10.7. The molecule has 2 atom stereocenters. The number of aryl methyl sites for hydroxylation is 2. The number of benzene rings is 1. The number of anilines is 1. The first-order chi connectivity index (χ1) is 15.1. The number of carboxylic acids is 1. The van der Waals surface area contributed by atoms with Crippen molar-refractivity contribution in [1.29, 1.82) is 0 Å². The number of fused-ring (bicyclic) bond motifs is 1. The quantitative estimate of drug-likeness (QED) is 0.562. The van der Waals surface area contributed by atoms with Crippen molar-refractivity contribution in [3.63, 3.8) is 0 Å². The maximum atomic E-state index is 11.9. The Morgan fingerprint density at radius 1 is 1.29 bits per heavy atom. The number of carboxylic acid groups (broad SMARTS) is 1. The van der Waals surface area contributed by atoms with E-state index in [4.69, 9.17) is 21.3 Å². The van der Waals surface area contributed by atoms with Crippen LogP contribution in [0, 0.1) is 0 Å². The van der Waals surface area contributed by atoms with Gasteiger partial charge < -0.3 is 15.2 Å².